The van der Waals surface area contributed by atoms with Gasteiger partial charge >= 0.3 is 0 Å². The molecule has 0 saturated carbocycles. The molecule has 1 saturated heterocycles. The fraction of sp³-hybridized carbons (Fsp3) is 0.231. The first-order chi connectivity index (χ1) is 15.1. The summed E-state index contributed by atoms with van der Waals surface area (Å²) in [6, 6.07) is 24.2. The van der Waals surface area contributed by atoms with Gasteiger partial charge in [0, 0.05) is 30.3 Å². The van der Waals surface area contributed by atoms with Crippen molar-refractivity contribution in [3.05, 3.63) is 89.7 Å². The second kappa shape index (κ2) is 7.91. The van der Waals surface area contributed by atoms with Gasteiger partial charge in [-0.15, -0.1) is 0 Å². The van der Waals surface area contributed by atoms with Crippen molar-refractivity contribution in [1.29, 1.82) is 0 Å². The molecule has 5 rings (SSSR count). The number of benzene rings is 3. The minimum atomic E-state index is 0.0739. The van der Waals surface area contributed by atoms with Crippen molar-refractivity contribution in [2.24, 2.45) is 0 Å². The highest BCUT2D eigenvalue weighted by Crippen LogP contribution is 2.30. The highest BCUT2D eigenvalue weighted by atomic mass is 16.5. The van der Waals surface area contributed by atoms with Gasteiger partial charge in [0.05, 0.1) is 18.1 Å². The van der Waals surface area contributed by atoms with Crippen LogP contribution >= 0.6 is 0 Å². The molecule has 3 aromatic carbocycles. The van der Waals surface area contributed by atoms with Crippen LogP contribution in [0, 0.1) is 6.92 Å². The summed E-state index contributed by atoms with van der Waals surface area (Å²) < 4.78 is 7.37. The summed E-state index contributed by atoms with van der Waals surface area (Å²) in [6.45, 7) is 3.50. The first-order valence-electron chi connectivity index (χ1n) is 10.6. The molecule has 31 heavy (non-hydrogen) atoms. The number of ether oxygens (including phenoxy) is 1. The van der Waals surface area contributed by atoms with Crippen LogP contribution in [0.2, 0.25) is 0 Å². The molecule has 1 aliphatic rings. The summed E-state index contributed by atoms with van der Waals surface area (Å²) in [5, 5.41) is 0. The molecule has 0 N–H and O–H groups in total. The third-order valence-corrected chi connectivity index (χ3v) is 6.15. The third kappa shape index (κ3) is 3.56. The number of likely N-dealkylation sites (tertiary alicyclic amines) is 1. The molecule has 5 nitrogen and oxygen atoms in total. The SMILES string of the molecule is COc1ccc(C2CCN(C(=O)c3ccc4c(c3)nc(C)n4-c3ccccc3)C2)cc1. The lowest BCUT2D eigenvalue weighted by molar-refractivity contribution is 0.0791. The molecule has 0 spiro atoms. The maximum absolute atomic E-state index is 13.2. The molecule has 1 aliphatic heterocycles. The first kappa shape index (κ1) is 19.4. The Hall–Kier alpha value is -3.60. The second-order valence-electron chi connectivity index (χ2n) is 8.04. The molecule has 0 radical (unpaired) electrons. The molecule has 1 amide bonds. The van der Waals surface area contributed by atoms with Crippen LogP contribution in [0.5, 0.6) is 5.75 Å². The zero-order chi connectivity index (χ0) is 21.4. The Kier molecular flexibility index (Phi) is 4.94. The van der Waals surface area contributed by atoms with Gasteiger partial charge in [0.1, 0.15) is 11.6 Å². The van der Waals surface area contributed by atoms with Gasteiger partial charge in [-0.05, 0) is 61.4 Å². The predicted molar refractivity (Wildman–Crippen MR) is 122 cm³/mol. The third-order valence-electron chi connectivity index (χ3n) is 6.15. The van der Waals surface area contributed by atoms with Crippen LogP contribution in [-0.2, 0) is 0 Å². The van der Waals surface area contributed by atoms with E-state index in [0.717, 1.165) is 47.8 Å². The van der Waals surface area contributed by atoms with E-state index in [0.29, 0.717) is 11.5 Å². The van der Waals surface area contributed by atoms with Crippen LogP contribution in [0.4, 0.5) is 0 Å². The van der Waals surface area contributed by atoms with Gasteiger partial charge in [0.2, 0.25) is 0 Å². The number of para-hydroxylation sites is 1. The summed E-state index contributed by atoms with van der Waals surface area (Å²) in [4.78, 5) is 19.9. The summed E-state index contributed by atoms with van der Waals surface area (Å²) in [5.41, 5.74) is 4.88. The summed E-state index contributed by atoms with van der Waals surface area (Å²) in [6.07, 6.45) is 0.974. The molecule has 0 aliphatic carbocycles. The summed E-state index contributed by atoms with van der Waals surface area (Å²) in [7, 11) is 1.67. The molecule has 1 fully saturated rings. The van der Waals surface area contributed by atoms with E-state index in [9.17, 15) is 4.79 Å². The Morgan fingerprint density at radius 3 is 2.55 bits per heavy atom. The van der Waals surface area contributed by atoms with Gasteiger partial charge in [-0.3, -0.25) is 9.36 Å². The number of rotatable bonds is 4. The van der Waals surface area contributed by atoms with Crippen molar-refractivity contribution in [3.8, 4) is 11.4 Å². The molecule has 1 unspecified atom stereocenters. The maximum Gasteiger partial charge on any atom is 0.253 e. The number of carbonyl (C=O) groups excluding carboxylic acids is 1. The Morgan fingerprint density at radius 2 is 1.81 bits per heavy atom. The molecular weight excluding hydrogens is 386 g/mol. The van der Waals surface area contributed by atoms with Crippen LogP contribution in [0.3, 0.4) is 0 Å². The standard InChI is InChI=1S/C26H25N3O2/c1-18-27-24-16-20(10-13-25(24)29(18)22-6-4-3-5-7-22)26(30)28-15-14-21(17-28)19-8-11-23(31-2)12-9-19/h3-13,16,21H,14-15,17H2,1-2H3. The van der Waals surface area contributed by atoms with E-state index in [1.165, 1.54) is 5.56 Å². The van der Waals surface area contributed by atoms with Crippen LogP contribution in [-0.4, -0.2) is 40.6 Å². The zero-order valence-electron chi connectivity index (χ0n) is 17.8. The highest BCUT2D eigenvalue weighted by Gasteiger charge is 2.28. The van der Waals surface area contributed by atoms with E-state index in [4.69, 9.17) is 9.72 Å². The van der Waals surface area contributed by atoms with Gasteiger partial charge in [-0.1, -0.05) is 30.3 Å². The number of hydrogen-bond acceptors (Lipinski definition) is 3. The number of nitrogens with zero attached hydrogens (tertiary/aromatic N) is 3. The number of imidazole rings is 1. The number of aromatic nitrogens is 2. The minimum absolute atomic E-state index is 0.0739. The van der Waals surface area contributed by atoms with Crippen molar-refractivity contribution < 1.29 is 9.53 Å². The molecule has 1 atom stereocenters. The molecule has 5 heteroatoms. The average Bonchev–Trinajstić information content (AvgIpc) is 3.43. The van der Waals surface area contributed by atoms with Gasteiger partial charge in [0.15, 0.2) is 0 Å². The monoisotopic (exact) mass is 411 g/mol. The van der Waals surface area contributed by atoms with E-state index in [1.807, 2.05) is 60.4 Å². The van der Waals surface area contributed by atoms with E-state index >= 15 is 0 Å². The van der Waals surface area contributed by atoms with Gasteiger partial charge in [-0.25, -0.2) is 4.98 Å². The molecule has 0 bridgehead atoms. The lowest BCUT2D eigenvalue weighted by Crippen LogP contribution is -2.28. The van der Waals surface area contributed by atoms with Gasteiger partial charge in [0.25, 0.3) is 5.91 Å². The Bertz CT molecular complexity index is 1230. The van der Waals surface area contributed by atoms with Crippen LogP contribution in [0.15, 0.2) is 72.8 Å². The molecule has 1 aromatic heterocycles. The molecule has 156 valence electrons. The number of carbonyl (C=O) groups is 1. The van der Waals surface area contributed by atoms with Crippen molar-refractivity contribution in [3.63, 3.8) is 0 Å². The lowest BCUT2D eigenvalue weighted by atomic mass is 9.98. The fourth-order valence-electron chi connectivity index (χ4n) is 4.51. The van der Waals surface area contributed by atoms with Crippen molar-refractivity contribution in [2.75, 3.05) is 20.2 Å². The van der Waals surface area contributed by atoms with E-state index < -0.39 is 0 Å². The van der Waals surface area contributed by atoms with Crippen molar-refractivity contribution in [1.82, 2.24) is 14.5 Å². The van der Waals surface area contributed by atoms with Gasteiger partial charge in [-0.2, -0.15) is 0 Å². The first-order valence-corrected chi connectivity index (χ1v) is 10.6. The smallest absolute Gasteiger partial charge is 0.253 e. The number of fused-ring (bicyclic) bond motifs is 1. The number of amides is 1. The normalized spacial score (nSPS) is 16.1. The van der Waals surface area contributed by atoms with Crippen molar-refractivity contribution >= 4 is 16.9 Å². The molecular formula is C26H25N3O2. The predicted octanol–water partition coefficient (Wildman–Crippen LogP) is 4.97. The fourth-order valence-corrected chi connectivity index (χ4v) is 4.51. The minimum Gasteiger partial charge on any atom is -0.497 e. The molecule has 2 heterocycles. The number of aryl methyl sites for hydroxylation is 1. The largest absolute Gasteiger partial charge is 0.497 e. The Morgan fingerprint density at radius 1 is 1.03 bits per heavy atom. The van der Waals surface area contributed by atoms with Crippen LogP contribution in [0.1, 0.15) is 34.1 Å². The quantitative estimate of drug-likeness (QED) is 0.476. The van der Waals surface area contributed by atoms with E-state index in [1.54, 1.807) is 7.11 Å². The number of methoxy groups -OCH3 is 1. The van der Waals surface area contributed by atoms with Gasteiger partial charge < -0.3 is 9.64 Å². The van der Waals surface area contributed by atoms with Crippen LogP contribution in [0.25, 0.3) is 16.7 Å². The zero-order valence-corrected chi connectivity index (χ0v) is 17.8. The maximum atomic E-state index is 13.2. The average molecular weight is 412 g/mol. The second-order valence-corrected chi connectivity index (χ2v) is 8.04. The lowest BCUT2D eigenvalue weighted by Gasteiger charge is -2.17. The Labute approximate surface area is 181 Å². The molecule has 4 aromatic rings. The summed E-state index contributed by atoms with van der Waals surface area (Å²) >= 11 is 0. The van der Waals surface area contributed by atoms with E-state index in [-0.39, 0.29) is 5.91 Å². The van der Waals surface area contributed by atoms with Crippen LogP contribution < -0.4 is 4.74 Å². The highest BCUT2D eigenvalue weighted by molar-refractivity contribution is 5.98. The van der Waals surface area contributed by atoms with E-state index in [2.05, 4.69) is 28.8 Å². The number of hydrogen-bond donors (Lipinski definition) is 0. The topological polar surface area (TPSA) is 47.4 Å². The van der Waals surface area contributed by atoms with Crippen molar-refractivity contribution in [2.45, 2.75) is 19.3 Å². The summed E-state index contributed by atoms with van der Waals surface area (Å²) in [5.74, 6) is 2.20. The Balaban J connectivity index is 1.38.